The molecule has 1 N–H and O–H groups in total. The molecule has 3 rings (SSSR count). The summed E-state index contributed by atoms with van der Waals surface area (Å²) < 4.78 is 5.37. The van der Waals surface area contributed by atoms with Crippen molar-refractivity contribution in [2.75, 3.05) is 47.4 Å². The summed E-state index contributed by atoms with van der Waals surface area (Å²) in [6.07, 6.45) is 2.38. The molecule has 0 radical (unpaired) electrons. The molecule has 2 atom stereocenters. The molecule has 4 nitrogen and oxygen atoms in total. The zero-order valence-corrected chi connectivity index (χ0v) is 13.4. The minimum Gasteiger partial charge on any atom is -0.497 e. The molecule has 0 saturated carbocycles. The van der Waals surface area contributed by atoms with Gasteiger partial charge in [-0.25, -0.2) is 0 Å². The average molecular weight is 289 g/mol. The summed E-state index contributed by atoms with van der Waals surface area (Å²) in [5, 5.41) is 3.79. The van der Waals surface area contributed by atoms with E-state index in [0.717, 1.165) is 25.4 Å². The molecule has 0 bridgehead atoms. The molecular weight excluding hydrogens is 262 g/mol. The molecule has 2 unspecified atom stereocenters. The number of aryl methyl sites for hydroxylation is 1. The average Bonchev–Trinajstić information content (AvgIpc) is 2.90. The van der Waals surface area contributed by atoms with E-state index in [9.17, 15) is 0 Å². The van der Waals surface area contributed by atoms with Crippen molar-refractivity contribution < 1.29 is 4.74 Å². The summed E-state index contributed by atoms with van der Waals surface area (Å²) in [6.45, 7) is 4.55. The van der Waals surface area contributed by atoms with Crippen LogP contribution in [0.2, 0.25) is 0 Å². The minimum absolute atomic E-state index is 0.482. The maximum absolute atomic E-state index is 5.37. The first-order valence-corrected chi connectivity index (χ1v) is 7.96. The molecule has 1 fully saturated rings. The molecule has 0 amide bonds. The van der Waals surface area contributed by atoms with Crippen LogP contribution >= 0.6 is 0 Å². The van der Waals surface area contributed by atoms with E-state index in [2.05, 4.69) is 47.4 Å². The Morgan fingerprint density at radius 2 is 2.14 bits per heavy atom. The summed E-state index contributed by atoms with van der Waals surface area (Å²) >= 11 is 0. The maximum atomic E-state index is 5.37. The van der Waals surface area contributed by atoms with E-state index in [4.69, 9.17) is 4.74 Å². The Bertz CT molecular complexity index is 491. The van der Waals surface area contributed by atoms with Crippen LogP contribution < -0.4 is 10.1 Å². The van der Waals surface area contributed by atoms with E-state index in [1.807, 2.05) is 0 Å². The Labute approximate surface area is 128 Å². The van der Waals surface area contributed by atoms with Crippen molar-refractivity contribution in [3.8, 4) is 5.75 Å². The van der Waals surface area contributed by atoms with Crippen LogP contribution in [-0.2, 0) is 6.42 Å². The first-order chi connectivity index (χ1) is 10.2. The lowest BCUT2D eigenvalue weighted by Crippen LogP contribution is -2.54. The van der Waals surface area contributed by atoms with E-state index in [1.165, 1.54) is 30.5 Å². The largest absolute Gasteiger partial charge is 0.497 e. The van der Waals surface area contributed by atoms with Crippen LogP contribution in [0.3, 0.4) is 0 Å². The normalized spacial score (nSPS) is 26.8. The van der Waals surface area contributed by atoms with Gasteiger partial charge in [-0.1, -0.05) is 6.07 Å². The third-order valence-electron chi connectivity index (χ3n) is 5.01. The van der Waals surface area contributed by atoms with Gasteiger partial charge in [-0.2, -0.15) is 0 Å². The first kappa shape index (κ1) is 14.8. The second-order valence-corrected chi connectivity index (χ2v) is 6.46. The molecule has 1 aliphatic heterocycles. The molecule has 1 aromatic carbocycles. The molecule has 1 aromatic rings. The number of rotatable bonds is 4. The highest BCUT2D eigenvalue weighted by Crippen LogP contribution is 2.33. The number of ether oxygens (including phenoxy) is 1. The summed E-state index contributed by atoms with van der Waals surface area (Å²) in [6, 6.07) is 7.59. The lowest BCUT2D eigenvalue weighted by atomic mass is 10.1. The Balaban J connectivity index is 1.62. The highest BCUT2D eigenvalue weighted by atomic mass is 16.5. The number of benzene rings is 1. The van der Waals surface area contributed by atoms with E-state index in [1.54, 1.807) is 7.11 Å². The predicted molar refractivity (Wildman–Crippen MR) is 86.0 cm³/mol. The molecule has 1 heterocycles. The zero-order valence-electron chi connectivity index (χ0n) is 13.4. The van der Waals surface area contributed by atoms with Crippen LogP contribution in [-0.4, -0.2) is 63.2 Å². The Kier molecular flexibility index (Phi) is 4.48. The molecule has 116 valence electrons. The molecule has 1 saturated heterocycles. The fourth-order valence-electron chi connectivity index (χ4n) is 3.52. The lowest BCUT2D eigenvalue weighted by molar-refractivity contribution is 0.111. The second-order valence-electron chi connectivity index (χ2n) is 6.46. The Morgan fingerprint density at radius 3 is 2.95 bits per heavy atom. The van der Waals surface area contributed by atoms with E-state index < -0.39 is 0 Å². The lowest BCUT2D eigenvalue weighted by Gasteiger charge is -2.38. The maximum Gasteiger partial charge on any atom is 0.119 e. The van der Waals surface area contributed by atoms with Crippen LogP contribution in [0.5, 0.6) is 5.75 Å². The van der Waals surface area contributed by atoms with Crippen molar-refractivity contribution in [2.45, 2.75) is 24.9 Å². The Hall–Kier alpha value is -1.10. The highest BCUT2D eigenvalue weighted by molar-refractivity contribution is 5.40. The van der Waals surface area contributed by atoms with Crippen molar-refractivity contribution >= 4 is 0 Å². The number of nitrogens with one attached hydrogen (secondary N) is 1. The summed E-state index contributed by atoms with van der Waals surface area (Å²) in [4.78, 5) is 4.91. The van der Waals surface area contributed by atoms with Crippen LogP contribution in [0, 0.1) is 0 Å². The van der Waals surface area contributed by atoms with Gasteiger partial charge < -0.3 is 15.0 Å². The molecule has 4 heteroatoms. The van der Waals surface area contributed by atoms with Crippen molar-refractivity contribution in [1.29, 1.82) is 0 Å². The molecule has 2 aliphatic rings. The third-order valence-corrected chi connectivity index (χ3v) is 5.01. The minimum atomic E-state index is 0.482. The van der Waals surface area contributed by atoms with Gasteiger partial charge in [0, 0.05) is 38.3 Å². The topological polar surface area (TPSA) is 27.7 Å². The van der Waals surface area contributed by atoms with Gasteiger partial charge in [-0.3, -0.25) is 4.90 Å². The summed E-state index contributed by atoms with van der Waals surface area (Å²) in [5.41, 5.74) is 2.91. The number of likely N-dealkylation sites (N-methyl/N-ethyl adjacent to an activating group) is 2. The van der Waals surface area contributed by atoms with Crippen LogP contribution in [0.15, 0.2) is 18.2 Å². The number of methoxy groups -OCH3 is 1. The standard InChI is InChI=1S/C17H27N3O/c1-19-8-9-20(2)14(12-19)11-18-17-7-5-13-4-6-15(21-3)10-16(13)17/h4,6,10,14,17-18H,5,7-9,11-12H2,1-3H3. The molecular formula is C17H27N3O. The third kappa shape index (κ3) is 3.23. The van der Waals surface area contributed by atoms with E-state index in [0.29, 0.717) is 12.1 Å². The van der Waals surface area contributed by atoms with Crippen molar-refractivity contribution in [3.63, 3.8) is 0 Å². The highest BCUT2D eigenvalue weighted by Gasteiger charge is 2.26. The van der Waals surface area contributed by atoms with E-state index >= 15 is 0 Å². The number of fused-ring (bicyclic) bond motifs is 1. The number of hydrogen-bond donors (Lipinski definition) is 1. The quantitative estimate of drug-likeness (QED) is 0.909. The van der Waals surface area contributed by atoms with Gasteiger partial charge in [0.2, 0.25) is 0 Å². The molecule has 0 spiro atoms. The van der Waals surface area contributed by atoms with Crippen LogP contribution in [0.1, 0.15) is 23.6 Å². The van der Waals surface area contributed by atoms with Gasteiger partial charge in [0.1, 0.15) is 5.75 Å². The number of nitrogens with zero attached hydrogens (tertiary/aromatic N) is 2. The van der Waals surface area contributed by atoms with Crippen molar-refractivity contribution in [2.24, 2.45) is 0 Å². The summed E-state index contributed by atoms with van der Waals surface area (Å²) in [7, 11) is 6.20. The predicted octanol–water partition coefficient (Wildman–Crippen LogP) is 1.52. The SMILES string of the molecule is COc1ccc2c(c1)C(NCC1CN(C)CCN1C)CC2. The van der Waals surface area contributed by atoms with Gasteiger partial charge >= 0.3 is 0 Å². The van der Waals surface area contributed by atoms with Gasteiger partial charge in [-0.05, 0) is 50.2 Å². The van der Waals surface area contributed by atoms with Crippen LogP contribution in [0.25, 0.3) is 0 Å². The molecule has 21 heavy (non-hydrogen) atoms. The monoisotopic (exact) mass is 289 g/mol. The second kappa shape index (κ2) is 6.34. The van der Waals surface area contributed by atoms with Gasteiger partial charge in [0.25, 0.3) is 0 Å². The van der Waals surface area contributed by atoms with Crippen molar-refractivity contribution in [3.05, 3.63) is 29.3 Å². The fraction of sp³-hybridized carbons (Fsp3) is 0.647. The zero-order chi connectivity index (χ0) is 14.8. The molecule has 0 aromatic heterocycles. The smallest absolute Gasteiger partial charge is 0.119 e. The number of piperazine rings is 1. The Morgan fingerprint density at radius 1 is 1.29 bits per heavy atom. The van der Waals surface area contributed by atoms with Gasteiger partial charge in [-0.15, -0.1) is 0 Å². The summed E-state index contributed by atoms with van der Waals surface area (Å²) in [5.74, 6) is 0.969. The van der Waals surface area contributed by atoms with Crippen LogP contribution in [0.4, 0.5) is 0 Å². The van der Waals surface area contributed by atoms with Gasteiger partial charge in [0.15, 0.2) is 0 Å². The first-order valence-electron chi connectivity index (χ1n) is 7.96. The number of hydrogen-bond acceptors (Lipinski definition) is 4. The molecule has 1 aliphatic carbocycles. The van der Waals surface area contributed by atoms with Gasteiger partial charge in [0.05, 0.1) is 7.11 Å². The fourth-order valence-corrected chi connectivity index (χ4v) is 3.52. The van der Waals surface area contributed by atoms with E-state index in [-0.39, 0.29) is 0 Å². The van der Waals surface area contributed by atoms with Crippen molar-refractivity contribution in [1.82, 2.24) is 15.1 Å².